The second kappa shape index (κ2) is 5.21. The smallest absolute Gasteiger partial charge is 0.106 e. The Morgan fingerprint density at radius 3 is 3.00 bits per heavy atom. The standard InChI is InChI=1S/C10H16BrF/c1-2-4-10(12)8-5-3-6-9(11)7-8/h9-10H,1-7H2. The summed E-state index contributed by atoms with van der Waals surface area (Å²) in [5.74, 6) is 1.10. The summed E-state index contributed by atoms with van der Waals surface area (Å²) in [6.45, 7) is 3.67. The van der Waals surface area contributed by atoms with Crippen LogP contribution in [-0.2, 0) is 0 Å². The molecule has 0 aliphatic heterocycles. The predicted octanol–water partition coefficient (Wildman–Crippen LogP) is 3.85. The van der Waals surface area contributed by atoms with E-state index in [4.69, 9.17) is 0 Å². The third kappa shape index (κ3) is 3.04. The van der Waals surface area contributed by atoms with E-state index in [2.05, 4.69) is 22.9 Å². The molecule has 0 nitrogen and oxygen atoms in total. The van der Waals surface area contributed by atoms with Crippen molar-refractivity contribution in [2.45, 2.75) is 49.5 Å². The number of alkyl halides is 2. The minimum Gasteiger partial charge on any atom is -0.247 e. The van der Waals surface area contributed by atoms with Crippen molar-refractivity contribution in [1.82, 2.24) is 0 Å². The van der Waals surface area contributed by atoms with Crippen LogP contribution in [0.25, 0.3) is 0 Å². The fourth-order valence-corrected chi connectivity index (χ4v) is 2.45. The lowest BCUT2D eigenvalue weighted by Gasteiger charge is -2.27. The molecule has 1 aliphatic carbocycles. The summed E-state index contributed by atoms with van der Waals surface area (Å²) in [6.07, 6.45) is 4.88. The van der Waals surface area contributed by atoms with E-state index in [0.717, 1.165) is 25.2 Å². The molecule has 1 fully saturated rings. The highest BCUT2D eigenvalue weighted by molar-refractivity contribution is 9.09. The van der Waals surface area contributed by atoms with E-state index in [9.17, 15) is 4.39 Å². The van der Waals surface area contributed by atoms with Crippen LogP contribution < -0.4 is 0 Å². The molecular weight excluding hydrogens is 219 g/mol. The fraction of sp³-hybridized carbons (Fsp3) is 0.800. The summed E-state index contributed by atoms with van der Waals surface area (Å²) < 4.78 is 13.4. The number of halogens is 2. The minimum atomic E-state index is -0.692. The van der Waals surface area contributed by atoms with E-state index in [0.29, 0.717) is 17.7 Å². The van der Waals surface area contributed by atoms with Crippen LogP contribution in [0.4, 0.5) is 4.39 Å². The van der Waals surface area contributed by atoms with Gasteiger partial charge in [-0.15, -0.1) is 0 Å². The Balaban J connectivity index is 2.29. The highest BCUT2D eigenvalue weighted by Gasteiger charge is 2.26. The van der Waals surface area contributed by atoms with E-state index in [-0.39, 0.29) is 0 Å². The summed E-state index contributed by atoms with van der Waals surface area (Å²) in [4.78, 5) is 0.518. The third-order valence-electron chi connectivity index (χ3n) is 2.40. The molecule has 0 spiro atoms. The highest BCUT2D eigenvalue weighted by Crippen LogP contribution is 2.35. The first-order chi connectivity index (χ1) is 5.74. The van der Waals surface area contributed by atoms with Crippen LogP contribution in [0, 0.1) is 12.8 Å². The van der Waals surface area contributed by atoms with Gasteiger partial charge in [-0.2, -0.15) is 0 Å². The van der Waals surface area contributed by atoms with Crippen molar-refractivity contribution in [2.75, 3.05) is 0 Å². The van der Waals surface area contributed by atoms with Crippen molar-refractivity contribution >= 4 is 15.9 Å². The van der Waals surface area contributed by atoms with Gasteiger partial charge in [-0.1, -0.05) is 35.7 Å². The van der Waals surface area contributed by atoms with Gasteiger partial charge in [-0.3, -0.25) is 0 Å². The molecule has 2 heteroatoms. The van der Waals surface area contributed by atoms with E-state index >= 15 is 0 Å². The molecule has 0 aromatic heterocycles. The van der Waals surface area contributed by atoms with Crippen molar-refractivity contribution in [3.8, 4) is 0 Å². The monoisotopic (exact) mass is 234 g/mol. The average molecular weight is 235 g/mol. The maximum absolute atomic E-state index is 13.4. The molecule has 0 heterocycles. The summed E-state index contributed by atoms with van der Waals surface area (Å²) in [7, 11) is 0. The van der Waals surface area contributed by atoms with Gasteiger partial charge in [0.25, 0.3) is 0 Å². The zero-order valence-corrected chi connectivity index (χ0v) is 8.95. The van der Waals surface area contributed by atoms with Gasteiger partial charge < -0.3 is 0 Å². The Morgan fingerprint density at radius 1 is 1.67 bits per heavy atom. The zero-order valence-electron chi connectivity index (χ0n) is 7.36. The van der Waals surface area contributed by atoms with Gasteiger partial charge in [0, 0.05) is 10.7 Å². The normalized spacial score (nSPS) is 28.8. The molecule has 0 bridgehead atoms. The van der Waals surface area contributed by atoms with Crippen molar-refractivity contribution in [1.29, 1.82) is 0 Å². The summed E-state index contributed by atoms with van der Waals surface area (Å²) in [5, 5.41) is 0. The minimum absolute atomic E-state index is 0.518. The van der Waals surface area contributed by atoms with Crippen molar-refractivity contribution < 1.29 is 4.39 Å². The predicted molar refractivity (Wildman–Crippen MR) is 53.9 cm³/mol. The largest absolute Gasteiger partial charge is 0.247 e. The van der Waals surface area contributed by atoms with E-state index in [1.807, 2.05) is 0 Å². The molecule has 1 aliphatic rings. The van der Waals surface area contributed by atoms with Crippen molar-refractivity contribution in [2.24, 2.45) is 0 Å². The lowest BCUT2D eigenvalue weighted by Crippen LogP contribution is -2.21. The Kier molecular flexibility index (Phi) is 4.55. The molecule has 0 aromatic carbocycles. The van der Waals surface area contributed by atoms with Crippen LogP contribution >= 0.6 is 15.9 Å². The van der Waals surface area contributed by atoms with Crippen LogP contribution in [-0.4, -0.2) is 11.0 Å². The maximum atomic E-state index is 13.4. The van der Waals surface area contributed by atoms with Crippen LogP contribution in [0.2, 0.25) is 0 Å². The summed E-state index contributed by atoms with van der Waals surface area (Å²) in [6, 6.07) is 0. The zero-order chi connectivity index (χ0) is 8.97. The van der Waals surface area contributed by atoms with Gasteiger partial charge in [0.1, 0.15) is 6.17 Å². The summed E-state index contributed by atoms with van der Waals surface area (Å²) in [5.41, 5.74) is 0. The SMILES string of the molecule is [CH2]CCC(F)[C]1CCCC(Br)C1. The molecule has 0 saturated heterocycles. The molecule has 0 amide bonds. The number of rotatable bonds is 3. The molecular formula is C10H16BrF. The van der Waals surface area contributed by atoms with Crippen molar-refractivity contribution in [3.63, 3.8) is 0 Å². The third-order valence-corrected chi connectivity index (χ3v) is 3.18. The Labute approximate surface area is 83.1 Å². The van der Waals surface area contributed by atoms with Gasteiger partial charge in [0.15, 0.2) is 0 Å². The molecule has 2 radical (unpaired) electrons. The van der Waals surface area contributed by atoms with E-state index in [1.54, 1.807) is 0 Å². The first kappa shape index (κ1) is 10.5. The van der Waals surface area contributed by atoms with E-state index in [1.165, 1.54) is 6.42 Å². The first-order valence-corrected chi connectivity index (χ1v) is 5.57. The van der Waals surface area contributed by atoms with Gasteiger partial charge in [0.2, 0.25) is 0 Å². The molecule has 70 valence electrons. The number of hydrogen-bond donors (Lipinski definition) is 0. The Morgan fingerprint density at radius 2 is 2.42 bits per heavy atom. The second-order valence-corrected chi connectivity index (χ2v) is 4.76. The topological polar surface area (TPSA) is 0 Å². The summed E-state index contributed by atoms with van der Waals surface area (Å²) >= 11 is 3.54. The van der Waals surface area contributed by atoms with Gasteiger partial charge >= 0.3 is 0 Å². The molecule has 12 heavy (non-hydrogen) atoms. The van der Waals surface area contributed by atoms with Crippen LogP contribution in [0.3, 0.4) is 0 Å². The maximum Gasteiger partial charge on any atom is 0.106 e. The first-order valence-electron chi connectivity index (χ1n) is 4.66. The van der Waals surface area contributed by atoms with Crippen LogP contribution in [0.5, 0.6) is 0 Å². The Hall–Kier alpha value is 0.410. The molecule has 1 rings (SSSR count). The average Bonchev–Trinajstić information content (AvgIpc) is 2.05. The van der Waals surface area contributed by atoms with E-state index < -0.39 is 6.17 Å². The fourth-order valence-electron chi connectivity index (χ4n) is 1.71. The highest BCUT2D eigenvalue weighted by atomic mass is 79.9. The lowest BCUT2D eigenvalue weighted by molar-refractivity contribution is 0.291. The molecule has 1 saturated carbocycles. The quantitative estimate of drug-likeness (QED) is 0.652. The van der Waals surface area contributed by atoms with Crippen LogP contribution in [0.1, 0.15) is 38.5 Å². The van der Waals surface area contributed by atoms with Gasteiger partial charge in [0.05, 0.1) is 0 Å². The molecule has 0 aromatic rings. The van der Waals surface area contributed by atoms with Gasteiger partial charge in [-0.25, -0.2) is 4.39 Å². The van der Waals surface area contributed by atoms with Crippen LogP contribution in [0.15, 0.2) is 0 Å². The Bertz CT molecular complexity index is 127. The molecule has 2 atom stereocenters. The molecule has 2 unspecified atom stereocenters. The van der Waals surface area contributed by atoms with Crippen molar-refractivity contribution in [3.05, 3.63) is 12.8 Å². The molecule has 0 N–H and O–H groups in total. The van der Waals surface area contributed by atoms with Gasteiger partial charge in [-0.05, 0) is 25.7 Å². The number of hydrogen-bond acceptors (Lipinski definition) is 0. The lowest BCUT2D eigenvalue weighted by atomic mass is 9.84. The second-order valence-electron chi connectivity index (χ2n) is 3.46.